The second-order valence-corrected chi connectivity index (χ2v) is 9.35. The number of nitrogens with zero attached hydrogens (tertiary/aromatic N) is 4. The molecular formula is C23H23N5O5S2. The fourth-order valence-electron chi connectivity index (χ4n) is 3.90. The Labute approximate surface area is 210 Å². The van der Waals surface area contributed by atoms with E-state index in [9.17, 15) is 19.2 Å². The Kier molecular flexibility index (Phi) is 7.31. The van der Waals surface area contributed by atoms with E-state index in [4.69, 9.17) is 17.0 Å². The topological polar surface area (TPSA) is 113 Å². The largest absolute Gasteiger partial charge is 0.466 e. The third-order valence-corrected chi connectivity index (χ3v) is 6.86. The molecule has 0 radical (unpaired) electrons. The van der Waals surface area contributed by atoms with Crippen LogP contribution in [0.3, 0.4) is 0 Å². The van der Waals surface area contributed by atoms with Gasteiger partial charge in [0.05, 0.1) is 23.5 Å². The van der Waals surface area contributed by atoms with Crippen LogP contribution in [-0.2, 0) is 19.1 Å². The van der Waals surface area contributed by atoms with Crippen molar-refractivity contribution in [2.45, 2.75) is 19.4 Å². The number of thiocarbonyl (C=S) groups is 1. The normalized spacial score (nSPS) is 19.4. The first-order valence-corrected chi connectivity index (χ1v) is 12.2. The lowest BCUT2D eigenvalue weighted by Crippen LogP contribution is -2.57. The highest BCUT2D eigenvalue weighted by molar-refractivity contribution is 8.26. The van der Waals surface area contributed by atoms with Gasteiger partial charge in [-0.2, -0.15) is 0 Å². The molecule has 10 nitrogen and oxygen atoms in total. The zero-order chi connectivity index (χ0) is 25.1. The van der Waals surface area contributed by atoms with Gasteiger partial charge in [-0.3, -0.25) is 28.5 Å². The zero-order valence-electron chi connectivity index (χ0n) is 18.9. The van der Waals surface area contributed by atoms with Gasteiger partial charge in [0.2, 0.25) is 5.91 Å². The maximum absolute atomic E-state index is 13.6. The van der Waals surface area contributed by atoms with Gasteiger partial charge < -0.3 is 15.0 Å². The highest BCUT2D eigenvalue weighted by Gasteiger charge is 2.36. The van der Waals surface area contributed by atoms with E-state index in [1.807, 2.05) is 0 Å². The van der Waals surface area contributed by atoms with Gasteiger partial charge in [0, 0.05) is 25.8 Å². The number of rotatable bonds is 7. The van der Waals surface area contributed by atoms with Crippen molar-refractivity contribution in [1.82, 2.24) is 19.6 Å². The van der Waals surface area contributed by atoms with Crippen molar-refractivity contribution < 1.29 is 19.1 Å². The second kappa shape index (κ2) is 10.4. The van der Waals surface area contributed by atoms with Gasteiger partial charge in [0.1, 0.15) is 21.8 Å². The number of carbonyl (C=O) groups is 3. The maximum Gasteiger partial charge on any atom is 0.308 e. The van der Waals surface area contributed by atoms with Crippen molar-refractivity contribution in [2.75, 3.05) is 31.1 Å². The molecule has 0 spiro atoms. The molecule has 2 aliphatic rings. The lowest BCUT2D eigenvalue weighted by atomic mass is 10.1. The summed E-state index contributed by atoms with van der Waals surface area (Å²) in [6.45, 7) is 6.37. The fraction of sp³-hybridized carbons (Fsp3) is 0.304. The summed E-state index contributed by atoms with van der Waals surface area (Å²) < 4.78 is 6.77. The Balaban J connectivity index is 1.87. The standard InChI is InChI=1S/C23H23N5O5S2/c1-3-9-28-22(32)16(35-23(28)34)12-14-19(25-17-7-5-6-10-27(17)21(14)31)26-11-8-24-20(30)15(26)13-18(29)33-4-2/h3,5-7,10,12,15H,1,4,8-9,11,13H2,2H3,(H,24,30)/b16-12+/t15-/m1/s1. The Morgan fingerprint density at radius 1 is 1.37 bits per heavy atom. The van der Waals surface area contributed by atoms with Crippen LogP contribution in [0.1, 0.15) is 18.9 Å². The highest BCUT2D eigenvalue weighted by Crippen LogP contribution is 2.34. The number of esters is 1. The van der Waals surface area contributed by atoms with Crippen molar-refractivity contribution in [2.24, 2.45) is 0 Å². The molecule has 2 fully saturated rings. The predicted molar refractivity (Wildman–Crippen MR) is 137 cm³/mol. The monoisotopic (exact) mass is 513 g/mol. The van der Waals surface area contributed by atoms with E-state index < -0.39 is 17.6 Å². The van der Waals surface area contributed by atoms with Crippen molar-refractivity contribution in [1.29, 1.82) is 0 Å². The van der Waals surface area contributed by atoms with Crippen molar-refractivity contribution in [3.05, 3.63) is 57.9 Å². The molecule has 2 aliphatic heterocycles. The van der Waals surface area contributed by atoms with Crippen LogP contribution < -0.4 is 15.8 Å². The summed E-state index contributed by atoms with van der Waals surface area (Å²) in [5.41, 5.74) is 0.0709. The molecule has 0 aliphatic carbocycles. The number of carbonyl (C=O) groups excluding carboxylic acids is 3. The number of nitrogens with one attached hydrogen (secondary N) is 1. The van der Waals surface area contributed by atoms with Crippen LogP contribution >= 0.6 is 24.0 Å². The van der Waals surface area contributed by atoms with Crippen LogP contribution in [0, 0.1) is 0 Å². The summed E-state index contributed by atoms with van der Waals surface area (Å²) in [5.74, 6) is -1.05. The molecule has 2 aromatic rings. The number of hydrogen-bond acceptors (Lipinski definition) is 9. The molecule has 1 N–H and O–H groups in total. The summed E-state index contributed by atoms with van der Waals surface area (Å²) in [5, 5.41) is 2.75. The van der Waals surface area contributed by atoms with Gasteiger partial charge in [-0.15, -0.1) is 6.58 Å². The second-order valence-electron chi connectivity index (χ2n) is 7.67. The number of piperazine rings is 1. The number of hydrogen-bond donors (Lipinski definition) is 1. The number of amides is 2. The molecule has 2 amide bonds. The van der Waals surface area contributed by atoms with E-state index in [2.05, 4.69) is 16.9 Å². The van der Waals surface area contributed by atoms with Gasteiger partial charge in [-0.05, 0) is 25.1 Å². The van der Waals surface area contributed by atoms with Gasteiger partial charge in [0.15, 0.2) is 0 Å². The Morgan fingerprint density at radius 3 is 2.91 bits per heavy atom. The summed E-state index contributed by atoms with van der Waals surface area (Å²) >= 11 is 6.39. The average Bonchev–Trinajstić information content (AvgIpc) is 3.10. The predicted octanol–water partition coefficient (Wildman–Crippen LogP) is 1.34. The molecule has 0 saturated carbocycles. The number of aromatic nitrogens is 2. The number of pyridine rings is 1. The van der Waals surface area contributed by atoms with Crippen LogP contribution in [0.2, 0.25) is 0 Å². The van der Waals surface area contributed by atoms with Gasteiger partial charge in [-0.1, -0.05) is 36.1 Å². The molecule has 35 heavy (non-hydrogen) atoms. The number of thioether (sulfide) groups is 1. The van der Waals surface area contributed by atoms with E-state index in [0.717, 1.165) is 11.8 Å². The highest BCUT2D eigenvalue weighted by atomic mass is 32.2. The fourth-order valence-corrected chi connectivity index (χ4v) is 5.16. The maximum atomic E-state index is 13.6. The van der Waals surface area contributed by atoms with E-state index in [-0.39, 0.29) is 47.7 Å². The Bertz CT molecular complexity index is 1320. The van der Waals surface area contributed by atoms with Crippen LogP contribution in [0.5, 0.6) is 0 Å². The quantitative estimate of drug-likeness (QED) is 0.254. The minimum absolute atomic E-state index is 0.122. The summed E-state index contributed by atoms with van der Waals surface area (Å²) in [6, 6.07) is 4.18. The third-order valence-electron chi connectivity index (χ3n) is 5.48. The molecule has 0 unspecified atom stereocenters. The number of fused-ring (bicyclic) bond motifs is 1. The first-order valence-electron chi connectivity index (χ1n) is 10.9. The average molecular weight is 514 g/mol. The van der Waals surface area contributed by atoms with Gasteiger partial charge >= 0.3 is 5.97 Å². The van der Waals surface area contributed by atoms with E-state index in [1.54, 1.807) is 42.3 Å². The van der Waals surface area contributed by atoms with Crippen molar-refractivity contribution in [3.8, 4) is 0 Å². The van der Waals surface area contributed by atoms with Gasteiger partial charge in [0.25, 0.3) is 11.5 Å². The molecule has 2 saturated heterocycles. The van der Waals surface area contributed by atoms with Crippen molar-refractivity contribution in [3.63, 3.8) is 0 Å². The van der Waals surface area contributed by atoms with Crippen LogP contribution in [0.15, 0.2) is 46.8 Å². The van der Waals surface area contributed by atoms with Crippen LogP contribution in [0.4, 0.5) is 5.82 Å². The zero-order valence-corrected chi connectivity index (χ0v) is 20.6. The third kappa shape index (κ3) is 4.84. The smallest absolute Gasteiger partial charge is 0.308 e. The van der Waals surface area contributed by atoms with Crippen LogP contribution in [-0.4, -0.2) is 68.7 Å². The summed E-state index contributed by atoms with van der Waals surface area (Å²) in [4.78, 5) is 59.5. The molecule has 2 aromatic heterocycles. The Hall–Kier alpha value is -3.51. The van der Waals surface area contributed by atoms with E-state index in [1.165, 1.54) is 15.4 Å². The molecule has 0 aromatic carbocycles. The van der Waals surface area contributed by atoms with Crippen LogP contribution in [0.25, 0.3) is 11.7 Å². The molecule has 182 valence electrons. The first kappa shape index (κ1) is 24.6. The summed E-state index contributed by atoms with van der Waals surface area (Å²) in [7, 11) is 0. The molecular weight excluding hydrogens is 490 g/mol. The first-order chi connectivity index (χ1) is 16.8. The minimum atomic E-state index is -0.928. The van der Waals surface area contributed by atoms with E-state index >= 15 is 0 Å². The van der Waals surface area contributed by atoms with Crippen molar-refractivity contribution >= 4 is 63.6 Å². The molecule has 0 bridgehead atoms. The number of ether oxygens (including phenoxy) is 1. The van der Waals surface area contributed by atoms with E-state index in [0.29, 0.717) is 23.1 Å². The SMILES string of the molecule is C=CCN1C(=O)/C(=C\c2c(N3CCNC(=O)[C@H]3CC(=O)OCC)nc3ccccn3c2=O)SC1=S. The molecule has 12 heteroatoms. The molecule has 1 atom stereocenters. The minimum Gasteiger partial charge on any atom is -0.466 e. The lowest BCUT2D eigenvalue weighted by Gasteiger charge is -2.36. The molecule has 4 heterocycles. The number of anilines is 1. The Morgan fingerprint density at radius 2 is 2.17 bits per heavy atom. The van der Waals surface area contributed by atoms with Gasteiger partial charge in [-0.25, -0.2) is 4.98 Å². The summed E-state index contributed by atoms with van der Waals surface area (Å²) in [6.07, 6.45) is 4.39. The lowest BCUT2D eigenvalue weighted by molar-refractivity contribution is -0.145. The molecule has 4 rings (SSSR count).